The quantitative estimate of drug-likeness (QED) is 0.0108. The van der Waals surface area contributed by atoms with Crippen LogP contribution in [0.25, 0.3) is 0 Å². The highest BCUT2D eigenvalue weighted by Crippen LogP contribution is 2.57. The number of ether oxygens (including phenoxy) is 2. The topological polar surface area (TPSA) is 967 Å². The van der Waals surface area contributed by atoms with Gasteiger partial charge in [0, 0.05) is 106 Å². The first-order valence-corrected chi connectivity index (χ1v) is 42.3. The van der Waals surface area contributed by atoms with E-state index < -0.39 is 185 Å². The van der Waals surface area contributed by atoms with E-state index in [9.17, 15) is 53.4 Å². The maximum Gasteiger partial charge on any atom is 0.340 e. The number of phenols is 2. The summed E-state index contributed by atoms with van der Waals surface area (Å²) in [4.78, 5) is 173. The van der Waals surface area contributed by atoms with Crippen molar-refractivity contribution >= 4 is 125 Å². The molecule has 1 spiro atoms. The molecule has 2 heterocycles. The molecule has 3 aromatic carbocycles. The number of primary amides is 1. The highest BCUT2D eigenvalue weighted by molar-refractivity contribution is 6.02. The van der Waals surface area contributed by atoms with Crippen molar-refractivity contribution in [2.24, 2.45) is 57.3 Å². The number of phenolic OH excluding ortho intramolecular Hbond substituents is 2. The van der Waals surface area contributed by atoms with Crippen LogP contribution in [-0.4, -0.2) is 255 Å². The van der Waals surface area contributed by atoms with E-state index in [2.05, 4.69) is 101 Å². The summed E-state index contributed by atoms with van der Waals surface area (Å²) in [5.41, 5.74) is 54.8. The van der Waals surface area contributed by atoms with Crippen molar-refractivity contribution in [3.63, 3.8) is 0 Å². The summed E-state index contributed by atoms with van der Waals surface area (Å²) < 4.78 is 12.2. The number of nitrogens with two attached hydrogens (primary N) is 10. The number of fused-ring (bicyclic) bond motifs is 6. The Hall–Kier alpha value is -15.9. The molecule has 724 valence electrons. The molecule has 0 aromatic heterocycles. The van der Waals surface area contributed by atoms with Crippen LogP contribution in [0.3, 0.4) is 0 Å². The number of hydrogen-bond donors (Lipinski definition) is 40. The molecule has 0 unspecified atom stereocenters. The minimum atomic E-state index is -1.73. The predicted molar refractivity (Wildman–Crippen MR) is 484 cm³/mol. The van der Waals surface area contributed by atoms with Gasteiger partial charge in [0.25, 0.3) is 5.91 Å². The van der Waals surface area contributed by atoms with Gasteiger partial charge >= 0.3 is 5.97 Å². The Morgan fingerprint density at radius 3 is 0.795 bits per heavy atom. The molecular weight excluding hydrogens is 1730 g/mol. The third-order valence-electron chi connectivity index (χ3n) is 20.3. The van der Waals surface area contributed by atoms with Crippen LogP contribution < -0.4 is 163 Å². The zero-order valence-corrected chi connectivity index (χ0v) is 72.8. The Labute approximate surface area is 758 Å². The lowest BCUT2D eigenvalue weighted by Gasteiger charge is -2.36. The molecule has 0 radical (unpaired) electrons. The Morgan fingerprint density at radius 2 is 0.545 bits per heavy atom. The fourth-order valence-corrected chi connectivity index (χ4v) is 13.9. The molecule has 2 aliphatic rings. The normalized spacial score (nSPS) is 13.7. The van der Waals surface area contributed by atoms with Gasteiger partial charge in [-0.25, -0.2) is 4.79 Å². The largest absolute Gasteiger partial charge is 0.508 e. The van der Waals surface area contributed by atoms with Crippen LogP contribution in [0.5, 0.6) is 23.0 Å². The van der Waals surface area contributed by atoms with Gasteiger partial charge in [0.1, 0.15) is 77.4 Å². The van der Waals surface area contributed by atoms with Gasteiger partial charge in [0.15, 0.2) is 59.2 Å². The monoisotopic (exact) mass is 1850 g/mol. The van der Waals surface area contributed by atoms with Crippen molar-refractivity contribution < 1.29 is 77.2 Å². The lowest BCUT2D eigenvalue weighted by atomic mass is 9.77. The van der Waals surface area contributed by atoms with Crippen LogP contribution >= 0.6 is 0 Å². The number of rotatable bonds is 58. The van der Waals surface area contributed by atoms with Gasteiger partial charge in [-0.2, -0.15) is 0 Å². The molecule has 9 atom stereocenters. The Kier molecular flexibility index (Phi) is 43.9. The Bertz CT molecular complexity index is 4600. The van der Waals surface area contributed by atoms with E-state index in [1.807, 2.05) is 0 Å². The molecule has 50 N–H and O–H groups in total. The number of benzene rings is 3. The van der Waals surface area contributed by atoms with Gasteiger partial charge in [-0.1, -0.05) is 0 Å². The second-order valence-electron chi connectivity index (χ2n) is 30.7. The highest BCUT2D eigenvalue weighted by Gasteiger charge is 2.54. The summed E-state index contributed by atoms with van der Waals surface area (Å²) in [5, 5.41) is 140. The smallest absolute Gasteiger partial charge is 0.340 e. The first kappa shape index (κ1) is 107. The molecule has 0 saturated heterocycles. The molecule has 5 rings (SSSR count). The fourth-order valence-electron chi connectivity index (χ4n) is 13.9. The molecule has 0 aliphatic carbocycles. The van der Waals surface area contributed by atoms with E-state index >= 15 is 14.4 Å². The molecule has 2 aliphatic heterocycles. The van der Waals surface area contributed by atoms with Crippen molar-refractivity contribution in [1.82, 2.24) is 101 Å². The molecular formula is C78H126N38O16. The number of aromatic hydroxyl groups is 2. The minimum Gasteiger partial charge on any atom is -0.508 e. The van der Waals surface area contributed by atoms with Crippen LogP contribution in [0.1, 0.15) is 159 Å². The van der Waals surface area contributed by atoms with Gasteiger partial charge in [-0.3, -0.25) is 101 Å². The molecule has 132 heavy (non-hydrogen) atoms. The van der Waals surface area contributed by atoms with Gasteiger partial charge in [0.2, 0.25) is 59.1 Å². The first-order chi connectivity index (χ1) is 62.6. The summed E-state index contributed by atoms with van der Waals surface area (Å²) in [6.07, 6.45) is -2.17. The average Bonchev–Trinajstić information content (AvgIpc) is 1.51. The van der Waals surface area contributed by atoms with E-state index in [0.717, 1.165) is 0 Å². The van der Waals surface area contributed by atoms with Crippen LogP contribution in [0, 0.1) is 48.7 Å². The summed E-state index contributed by atoms with van der Waals surface area (Å²) in [6.45, 7) is -0.513. The summed E-state index contributed by atoms with van der Waals surface area (Å²) >= 11 is 0. The number of esters is 1. The average molecular weight is 1850 g/mol. The molecule has 3 aromatic rings. The second-order valence-corrected chi connectivity index (χ2v) is 30.7. The van der Waals surface area contributed by atoms with E-state index in [-0.39, 0.29) is 238 Å². The van der Waals surface area contributed by atoms with Crippen molar-refractivity contribution in [1.29, 1.82) is 48.7 Å². The Balaban J connectivity index is 1.46. The minimum absolute atomic E-state index is 0.00594. The number of guanidine groups is 9. The molecule has 54 heteroatoms. The highest BCUT2D eigenvalue weighted by atomic mass is 16.6. The van der Waals surface area contributed by atoms with Crippen LogP contribution in [0.15, 0.2) is 54.6 Å². The molecule has 54 nitrogen and oxygen atoms in total. The fraction of sp³-hybridized carbons (Fsp3) is 0.500. The van der Waals surface area contributed by atoms with E-state index in [1.54, 1.807) is 0 Å². The lowest BCUT2D eigenvalue weighted by Crippen LogP contribution is -2.60. The van der Waals surface area contributed by atoms with Crippen molar-refractivity contribution in [3.8, 4) is 23.0 Å². The number of nitrogens with one attached hydrogen (secondary N) is 28. The Morgan fingerprint density at radius 1 is 0.303 bits per heavy atom. The van der Waals surface area contributed by atoms with E-state index in [1.165, 1.54) is 54.6 Å². The number of carbonyl (C=O) groups excluding carboxylic acids is 12. The van der Waals surface area contributed by atoms with Gasteiger partial charge in [-0.15, -0.1) is 0 Å². The lowest BCUT2D eigenvalue weighted by molar-refractivity contribution is -0.136. The van der Waals surface area contributed by atoms with Crippen molar-refractivity contribution in [2.75, 3.05) is 65.4 Å². The zero-order valence-electron chi connectivity index (χ0n) is 72.8. The number of amides is 11. The summed E-state index contributed by atoms with van der Waals surface area (Å²) in [7, 11) is 0. The third kappa shape index (κ3) is 36.8. The molecule has 11 amide bonds. The molecule has 0 saturated carbocycles. The molecule has 0 bridgehead atoms. The number of hydrogen-bond acceptors (Lipinski definition) is 25. The van der Waals surface area contributed by atoms with Crippen molar-refractivity contribution in [2.45, 2.75) is 182 Å². The maximum atomic E-state index is 15.1. The standard InChI is InChI=1S/C78H126N38O16/c79-58(120)46(10-1-26-99-69(80)81)109-61(123)48(12-3-28-101-71(84)85)111-63(125)50(14-5-30-103-73(88)89)113-65(127)52(16-7-32-105-75(92)93)115-67(129)54(18-9-34-107-77(96)97)116-66(128)53(17-8-33-106-76(94)95)114-64(126)51(15-6-31-104-74(90)91)112-62(124)49(13-4-29-102-72(86)87)110-60(122)47(11-2-27-100-70(82)83)108-57(119)25-35-98-59(121)39-19-22-42-45(36-39)78(132-68(42)130)43-23-20-40(117)37-55(43)131-56-38-41(118)21-24-44(56)78/h19-24,36-38,46-54,117-118H,1-18,25-35H2,(H2,79,120)(H,98,121)(H,108,119)(H,109,123)(H,110,122)(H,111,125)(H,112,124)(H,113,127)(H,114,126)(H,115,129)(H,116,128)(H4,80,81,99)(H4,82,83,100)(H4,84,85,101)(H4,86,87,102)(H4,88,89,103)(H4,90,91,104)(H4,92,93,105)(H4,94,95,106)(H4,96,97,107)/t46-,47-,48-,49-,50-,51-,52-,53-,54-/m0/s1. The van der Waals surface area contributed by atoms with Crippen LogP contribution in [-0.2, 0) is 58.3 Å². The van der Waals surface area contributed by atoms with E-state index in [0.29, 0.717) is 0 Å². The first-order valence-electron chi connectivity index (χ1n) is 42.3. The van der Waals surface area contributed by atoms with E-state index in [4.69, 9.17) is 115 Å². The zero-order chi connectivity index (χ0) is 97.7. The van der Waals surface area contributed by atoms with Gasteiger partial charge < -0.3 is 178 Å². The predicted octanol–water partition coefficient (Wildman–Crippen LogP) is -9.00. The second kappa shape index (κ2) is 54.3. The number of carbonyl (C=O) groups is 12. The third-order valence-corrected chi connectivity index (χ3v) is 20.3. The maximum absolute atomic E-state index is 15.1. The van der Waals surface area contributed by atoms with Crippen LogP contribution in [0.4, 0.5) is 0 Å². The van der Waals surface area contributed by atoms with Crippen LogP contribution in [0.2, 0.25) is 0 Å². The van der Waals surface area contributed by atoms with Gasteiger partial charge in [0.05, 0.1) is 5.56 Å². The summed E-state index contributed by atoms with van der Waals surface area (Å²) in [5.74, 6) is -15.4. The SMILES string of the molecule is N=C(N)NCCC[C@H](NC(=O)[C@H](CCCNC(=N)N)NC(=O)[C@H](CCCNC(=N)N)NC(=O)[C@H](CCCNC(=N)N)NC(=O)[C@H](CCCNC(=N)N)NC(=O)[C@H](CCCNC(=N)N)NC(=O)[C@H](CCCNC(=N)N)NC(=O)[C@H](CCCNC(=N)N)NC(=O)[C@H](CCCNC(=N)N)NC(=O)CCNC(=O)c1ccc2c(c1)C1(OC2=O)c2ccc(O)cc2Oc2cc(O)ccc21)C(N)=O. The summed E-state index contributed by atoms with van der Waals surface area (Å²) in [6, 6.07) is -1.50. The van der Waals surface area contributed by atoms with Gasteiger partial charge in [-0.05, 0) is 158 Å². The van der Waals surface area contributed by atoms with Crippen molar-refractivity contribution in [3.05, 3.63) is 82.4 Å². The molecule has 0 fully saturated rings.